The Balaban J connectivity index is 2.29. The first kappa shape index (κ1) is 13.6. The Bertz CT molecular complexity index is 845. The van der Waals surface area contributed by atoms with Crippen molar-refractivity contribution in [1.29, 1.82) is 0 Å². The summed E-state index contributed by atoms with van der Waals surface area (Å²) in [6.45, 7) is 2.00. The maximum absolute atomic E-state index is 5.42. The van der Waals surface area contributed by atoms with Crippen LogP contribution in [0.2, 0.25) is 0 Å². The number of benzene rings is 1. The van der Waals surface area contributed by atoms with Crippen LogP contribution in [0.5, 0.6) is 11.5 Å². The van der Waals surface area contributed by atoms with Crippen LogP contribution in [0.1, 0.15) is 5.56 Å². The van der Waals surface area contributed by atoms with Crippen molar-refractivity contribution < 1.29 is 9.47 Å². The summed E-state index contributed by atoms with van der Waals surface area (Å²) >= 11 is 5.42. The fraction of sp³-hybridized carbons (Fsp3) is 0.200. The van der Waals surface area contributed by atoms with E-state index in [0.29, 0.717) is 16.3 Å². The molecule has 0 bridgehead atoms. The number of rotatable bonds is 3. The lowest BCUT2D eigenvalue weighted by Gasteiger charge is -2.09. The number of nitrogens with zero attached hydrogens (tertiary/aromatic N) is 2. The zero-order valence-corrected chi connectivity index (χ0v) is 12.8. The van der Waals surface area contributed by atoms with E-state index >= 15 is 0 Å². The second kappa shape index (κ2) is 5.21. The van der Waals surface area contributed by atoms with Gasteiger partial charge in [0, 0.05) is 24.4 Å². The van der Waals surface area contributed by atoms with Crippen LogP contribution < -0.4 is 9.47 Å². The summed E-state index contributed by atoms with van der Waals surface area (Å²) in [5.41, 5.74) is 3.61. The van der Waals surface area contributed by atoms with Gasteiger partial charge in [-0.25, -0.2) is 4.98 Å². The molecule has 21 heavy (non-hydrogen) atoms. The number of aromatic amines is 1. The molecule has 0 fully saturated rings. The van der Waals surface area contributed by atoms with Crippen molar-refractivity contribution >= 4 is 23.4 Å². The van der Waals surface area contributed by atoms with Gasteiger partial charge in [-0.3, -0.25) is 4.57 Å². The third-order valence-corrected chi connectivity index (χ3v) is 3.54. The summed E-state index contributed by atoms with van der Waals surface area (Å²) in [5.74, 6) is 1.40. The van der Waals surface area contributed by atoms with Crippen LogP contribution in [-0.2, 0) is 0 Å². The molecule has 0 atom stereocenters. The van der Waals surface area contributed by atoms with Crippen molar-refractivity contribution in [2.75, 3.05) is 14.2 Å². The Morgan fingerprint density at radius 3 is 2.38 bits per heavy atom. The molecule has 0 aliphatic carbocycles. The molecule has 3 aromatic rings. The predicted molar refractivity (Wildman–Crippen MR) is 84.1 cm³/mol. The molecule has 0 saturated carbocycles. The van der Waals surface area contributed by atoms with Gasteiger partial charge >= 0.3 is 0 Å². The summed E-state index contributed by atoms with van der Waals surface area (Å²) in [5, 5.41) is 0. The number of hydrogen-bond donors (Lipinski definition) is 1. The summed E-state index contributed by atoms with van der Waals surface area (Å²) in [6.07, 6.45) is 1.82. The largest absolute Gasteiger partial charge is 0.497 e. The van der Waals surface area contributed by atoms with Crippen LogP contribution in [0.4, 0.5) is 0 Å². The van der Waals surface area contributed by atoms with E-state index in [1.165, 1.54) is 0 Å². The number of H-pyrrole nitrogens is 1. The number of aromatic nitrogens is 3. The van der Waals surface area contributed by atoms with Gasteiger partial charge in [-0.2, -0.15) is 0 Å². The fourth-order valence-corrected chi connectivity index (χ4v) is 2.56. The highest BCUT2D eigenvalue weighted by atomic mass is 32.1. The maximum Gasteiger partial charge on any atom is 0.184 e. The summed E-state index contributed by atoms with van der Waals surface area (Å²) < 4.78 is 13.1. The van der Waals surface area contributed by atoms with Crippen molar-refractivity contribution in [3.05, 3.63) is 40.8 Å². The lowest BCUT2D eigenvalue weighted by Crippen LogP contribution is -1.98. The number of nitrogens with one attached hydrogen (secondary N) is 1. The van der Waals surface area contributed by atoms with Crippen molar-refractivity contribution in [1.82, 2.24) is 14.5 Å². The first-order chi connectivity index (χ1) is 10.1. The van der Waals surface area contributed by atoms with E-state index in [2.05, 4.69) is 9.97 Å². The minimum atomic E-state index is 0.582. The summed E-state index contributed by atoms with van der Waals surface area (Å²) in [4.78, 5) is 7.65. The summed E-state index contributed by atoms with van der Waals surface area (Å²) in [6, 6.07) is 7.63. The minimum Gasteiger partial charge on any atom is -0.497 e. The normalized spacial score (nSPS) is 10.8. The standard InChI is InChI=1S/C15H15N3O2S/c1-9-4-13-14(16-8-9)18(15(21)17-13)10-5-11(19-2)7-12(6-10)20-3/h4-8H,1-3H3,(H,17,21). The second-order valence-electron chi connectivity index (χ2n) is 4.72. The molecule has 0 spiro atoms. The molecule has 2 aromatic heterocycles. The molecule has 6 heteroatoms. The summed E-state index contributed by atoms with van der Waals surface area (Å²) in [7, 11) is 3.24. The molecule has 3 rings (SSSR count). The lowest BCUT2D eigenvalue weighted by atomic mass is 10.2. The van der Waals surface area contributed by atoms with Gasteiger partial charge < -0.3 is 14.5 Å². The monoisotopic (exact) mass is 301 g/mol. The number of imidazole rings is 1. The highest BCUT2D eigenvalue weighted by molar-refractivity contribution is 7.71. The van der Waals surface area contributed by atoms with Crippen molar-refractivity contribution in [2.24, 2.45) is 0 Å². The van der Waals surface area contributed by atoms with Gasteiger partial charge in [-0.05, 0) is 30.8 Å². The lowest BCUT2D eigenvalue weighted by molar-refractivity contribution is 0.394. The van der Waals surface area contributed by atoms with Crippen LogP contribution >= 0.6 is 12.2 Å². The number of pyridine rings is 1. The quantitative estimate of drug-likeness (QED) is 0.753. The molecular weight excluding hydrogens is 286 g/mol. The molecule has 0 amide bonds. The topological polar surface area (TPSA) is 52.1 Å². The molecule has 1 N–H and O–H groups in total. The van der Waals surface area contributed by atoms with Crippen LogP contribution in [0.3, 0.4) is 0 Å². The van der Waals surface area contributed by atoms with Gasteiger partial charge in [0.2, 0.25) is 0 Å². The molecule has 5 nitrogen and oxygen atoms in total. The van der Waals surface area contributed by atoms with E-state index in [4.69, 9.17) is 21.7 Å². The Labute approximate surface area is 127 Å². The highest BCUT2D eigenvalue weighted by Gasteiger charge is 2.10. The molecule has 0 aliphatic rings. The number of methoxy groups -OCH3 is 2. The van der Waals surface area contributed by atoms with Crippen LogP contribution in [0, 0.1) is 11.7 Å². The van der Waals surface area contributed by atoms with Crippen molar-refractivity contribution in [3.8, 4) is 17.2 Å². The van der Waals surface area contributed by atoms with Gasteiger partial charge in [-0.15, -0.1) is 0 Å². The number of ether oxygens (including phenoxy) is 2. The van der Waals surface area contributed by atoms with E-state index in [1.54, 1.807) is 14.2 Å². The van der Waals surface area contributed by atoms with Gasteiger partial charge in [-0.1, -0.05) is 0 Å². The third-order valence-electron chi connectivity index (χ3n) is 3.25. The fourth-order valence-electron chi connectivity index (χ4n) is 2.26. The minimum absolute atomic E-state index is 0.582. The smallest absolute Gasteiger partial charge is 0.184 e. The van der Waals surface area contributed by atoms with Gasteiger partial charge in [0.15, 0.2) is 10.4 Å². The van der Waals surface area contributed by atoms with Crippen LogP contribution in [-0.4, -0.2) is 28.8 Å². The maximum atomic E-state index is 5.42. The molecule has 2 heterocycles. The van der Waals surface area contributed by atoms with Gasteiger partial charge in [0.1, 0.15) is 11.5 Å². The number of hydrogen-bond acceptors (Lipinski definition) is 4. The zero-order chi connectivity index (χ0) is 15.0. The average Bonchev–Trinajstić information content (AvgIpc) is 2.81. The third kappa shape index (κ3) is 2.38. The van der Waals surface area contributed by atoms with Gasteiger partial charge in [0.25, 0.3) is 0 Å². The predicted octanol–water partition coefficient (Wildman–Crippen LogP) is 3.41. The average molecular weight is 301 g/mol. The van der Waals surface area contributed by atoms with Crippen molar-refractivity contribution in [2.45, 2.75) is 6.92 Å². The van der Waals surface area contributed by atoms with E-state index in [9.17, 15) is 0 Å². The second-order valence-corrected chi connectivity index (χ2v) is 5.11. The molecule has 0 radical (unpaired) electrons. The Morgan fingerprint density at radius 1 is 1.10 bits per heavy atom. The zero-order valence-electron chi connectivity index (χ0n) is 12.0. The number of fused-ring (bicyclic) bond motifs is 1. The molecule has 0 unspecified atom stereocenters. The Hall–Kier alpha value is -2.34. The Morgan fingerprint density at radius 2 is 1.76 bits per heavy atom. The number of aryl methyl sites for hydroxylation is 1. The molecule has 1 aromatic carbocycles. The van der Waals surface area contributed by atoms with Crippen LogP contribution in [0.25, 0.3) is 16.9 Å². The van der Waals surface area contributed by atoms with Gasteiger partial charge in [0.05, 0.1) is 25.4 Å². The van der Waals surface area contributed by atoms with Crippen LogP contribution in [0.15, 0.2) is 30.5 Å². The SMILES string of the molecule is COc1cc(OC)cc(-n2c(=S)[nH]c3cc(C)cnc32)c1. The van der Waals surface area contributed by atoms with Crippen molar-refractivity contribution in [3.63, 3.8) is 0 Å². The van der Waals surface area contributed by atoms with E-state index < -0.39 is 0 Å². The van der Waals surface area contributed by atoms with E-state index in [0.717, 1.165) is 22.4 Å². The molecule has 108 valence electrons. The molecule has 0 aliphatic heterocycles. The highest BCUT2D eigenvalue weighted by Crippen LogP contribution is 2.27. The van der Waals surface area contributed by atoms with E-state index in [-0.39, 0.29) is 0 Å². The Kier molecular flexibility index (Phi) is 3.39. The molecule has 0 saturated heterocycles. The first-order valence-corrected chi connectivity index (χ1v) is 6.84. The molecular formula is C15H15N3O2S. The first-order valence-electron chi connectivity index (χ1n) is 6.43. The van der Waals surface area contributed by atoms with E-state index in [1.807, 2.05) is 42.0 Å².